The molecule has 0 unspecified atom stereocenters. The first-order valence-corrected chi connectivity index (χ1v) is 10.4. The lowest BCUT2D eigenvalue weighted by molar-refractivity contribution is 0.494. The number of halogens is 8. The first kappa shape index (κ1) is 22.3. The van der Waals surface area contributed by atoms with E-state index in [9.17, 15) is 35.1 Å². The van der Waals surface area contributed by atoms with Crippen LogP contribution in [0.25, 0.3) is 0 Å². The van der Waals surface area contributed by atoms with Crippen molar-refractivity contribution in [2.75, 3.05) is 0 Å². The molecular formula is C21H13AlF8. The minimum atomic E-state index is -4.40. The molecule has 0 aliphatic rings. The Morgan fingerprint density at radius 2 is 0.867 bits per heavy atom. The van der Waals surface area contributed by atoms with E-state index in [-0.39, 0.29) is 5.56 Å². The Hall–Kier alpha value is -2.37. The Kier molecular flexibility index (Phi) is 5.99. The van der Waals surface area contributed by atoms with E-state index in [2.05, 4.69) is 0 Å². The predicted octanol–water partition coefficient (Wildman–Crippen LogP) is 4.24. The molecule has 0 spiro atoms. The van der Waals surface area contributed by atoms with E-state index in [0.29, 0.717) is 12.1 Å². The Bertz CT molecular complexity index is 1110. The quantitative estimate of drug-likeness (QED) is 0.322. The highest BCUT2D eigenvalue weighted by molar-refractivity contribution is 6.95. The van der Waals surface area contributed by atoms with Crippen molar-refractivity contribution in [2.24, 2.45) is 0 Å². The fraction of sp³-hybridized carbons (Fsp3) is 0.143. The summed E-state index contributed by atoms with van der Waals surface area (Å²) in [7, 11) is 0. The van der Waals surface area contributed by atoms with Gasteiger partial charge in [0.2, 0.25) is 0 Å². The van der Waals surface area contributed by atoms with Crippen LogP contribution in [0, 0.1) is 67.3 Å². The predicted molar refractivity (Wildman–Crippen MR) is 97.9 cm³/mol. The van der Waals surface area contributed by atoms with Gasteiger partial charge in [0.05, 0.1) is 0 Å². The number of aryl methyl sites for hydroxylation is 3. The minimum absolute atomic E-state index is 0.175. The van der Waals surface area contributed by atoms with Gasteiger partial charge in [0, 0.05) is 0 Å². The van der Waals surface area contributed by atoms with E-state index < -0.39 is 85.1 Å². The van der Waals surface area contributed by atoms with Crippen LogP contribution in [0.4, 0.5) is 35.1 Å². The fourth-order valence-corrected chi connectivity index (χ4v) is 6.56. The highest BCUT2D eigenvalue weighted by Crippen LogP contribution is 2.18. The van der Waals surface area contributed by atoms with Crippen LogP contribution in [0.5, 0.6) is 0 Å². The highest BCUT2D eigenvalue weighted by atomic mass is 27.2. The van der Waals surface area contributed by atoms with Crippen molar-refractivity contribution in [1.82, 2.24) is 0 Å². The normalized spacial score (nSPS) is 11.2. The van der Waals surface area contributed by atoms with E-state index in [1.54, 1.807) is 0 Å². The molecule has 0 heterocycles. The molecule has 3 aromatic carbocycles. The monoisotopic (exact) mass is 444 g/mol. The number of benzene rings is 3. The van der Waals surface area contributed by atoms with Gasteiger partial charge in [0.25, 0.3) is 0 Å². The van der Waals surface area contributed by atoms with Gasteiger partial charge in [-0.15, -0.1) is 0 Å². The number of rotatable bonds is 3. The molecule has 0 saturated heterocycles. The second-order valence-corrected chi connectivity index (χ2v) is 9.56. The molecule has 0 aliphatic heterocycles. The molecule has 0 aliphatic carbocycles. The van der Waals surface area contributed by atoms with Crippen molar-refractivity contribution in [2.45, 2.75) is 20.8 Å². The van der Waals surface area contributed by atoms with Gasteiger partial charge in [0.15, 0.2) is 11.6 Å². The Morgan fingerprint density at radius 3 is 1.30 bits per heavy atom. The molecule has 0 radical (unpaired) electrons. The summed E-state index contributed by atoms with van der Waals surface area (Å²) in [6.45, 7) is 3.29. The van der Waals surface area contributed by atoms with Crippen molar-refractivity contribution < 1.29 is 35.1 Å². The summed E-state index contributed by atoms with van der Waals surface area (Å²) in [5.41, 5.74) is -1.09. The van der Waals surface area contributed by atoms with Gasteiger partial charge in [-0.25, -0.2) is 35.1 Å². The summed E-state index contributed by atoms with van der Waals surface area (Å²) in [5, 5.41) is 0. The lowest BCUT2D eigenvalue weighted by Crippen LogP contribution is -2.59. The van der Waals surface area contributed by atoms with Gasteiger partial charge in [-0.1, -0.05) is 6.07 Å². The lowest BCUT2D eigenvalue weighted by Gasteiger charge is -2.20. The number of hydrogen-bond acceptors (Lipinski definition) is 0. The molecule has 3 rings (SSSR count). The van der Waals surface area contributed by atoms with Crippen molar-refractivity contribution >= 4 is 27.4 Å². The third-order valence-corrected chi connectivity index (χ3v) is 8.26. The van der Waals surface area contributed by atoms with Crippen LogP contribution >= 0.6 is 0 Å². The summed E-state index contributed by atoms with van der Waals surface area (Å²) in [4.78, 5) is 0. The second kappa shape index (κ2) is 8.05. The van der Waals surface area contributed by atoms with Gasteiger partial charge in [-0.05, 0) is 68.9 Å². The topological polar surface area (TPSA) is 0 Å². The zero-order chi connectivity index (χ0) is 22.5. The SMILES string of the molecule is Cc1cc(F)[c]([Al]([c]2c(F)ccc(C)c2F)[c]2c(F)cc(C)c(F)c2F)c(F)c1F. The van der Waals surface area contributed by atoms with Crippen LogP contribution in [0.3, 0.4) is 0 Å². The maximum atomic E-state index is 14.9. The van der Waals surface area contributed by atoms with Crippen LogP contribution in [0.15, 0.2) is 24.3 Å². The summed E-state index contributed by atoms with van der Waals surface area (Å²) in [6.07, 6.45) is 0. The van der Waals surface area contributed by atoms with Crippen molar-refractivity contribution in [3.05, 3.63) is 87.5 Å². The van der Waals surface area contributed by atoms with Crippen LogP contribution in [0.1, 0.15) is 16.7 Å². The second-order valence-electron chi connectivity index (χ2n) is 6.96. The first-order chi connectivity index (χ1) is 14.0. The van der Waals surface area contributed by atoms with Gasteiger partial charge in [0.1, 0.15) is 34.9 Å². The van der Waals surface area contributed by atoms with Crippen molar-refractivity contribution in [1.29, 1.82) is 0 Å². The summed E-state index contributed by atoms with van der Waals surface area (Å²) < 4.78 is 114. The molecule has 0 bridgehead atoms. The number of hydrogen-bond donors (Lipinski definition) is 0. The molecule has 0 atom stereocenters. The molecule has 0 N–H and O–H groups in total. The van der Waals surface area contributed by atoms with Crippen LogP contribution in [-0.2, 0) is 0 Å². The van der Waals surface area contributed by atoms with Gasteiger partial charge in [-0.2, -0.15) is 0 Å². The Labute approximate surface area is 171 Å². The third kappa shape index (κ3) is 3.50. The molecular weight excluding hydrogens is 431 g/mol. The van der Waals surface area contributed by atoms with Crippen LogP contribution < -0.4 is 13.3 Å². The first-order valence-electron chi connectivity index (χ1n) is 8.69. The summed E-state index contributed by atoms with van der Waals surface area (Å²) in [5.74, 6) is -12.3. The van der Waals surface area contributed by atoms with Crippen LogP contribution in [-0.4, -0.2) is 14.1 Å². The van der Waals surface area contributed by atoms with Gasteiger partial charge < -0.3 is 0 Å². The smallest absolute Gasteiger partial charge is 0.208 e. The summed E-state index contributed by atoms with van der Waals surface area (Å²) >= 11 is -4.40. The van der Waals surface area contributed by atoms with Gasteiger partial charge in [-0.3, -0.25) is 0 Å². The molecule has 0 amide bonds. The Balaban J connectivity index is 2.54. The molecule has 30 heavy (non-hydrogen) atoms. The van der Waals surface area contributed by atoms with E-state index >= 15 is 0 Å². The van der Waals surface area contributed by atoms with Crippen LogP contribution in [0.2, 0.25) is 0 Å². The molecule has 0 fully saturated rings. The van der Waals surface area contributed by atoms with Crippen molar-refractivity contribution in [3.8, 4) is 0 Å². The molecule has 3 aromatic rings. The third-order valence-electron chi connectivity index (χ3n) is 4.94. The average molecular weight is 444 g/mol. The maximum absolute atomic E-state index is 14.9. The lowest BCUT2D eigenvalue weighted by atomic mass is 10.2. The maximum Gasteiger partial charge on any atom is 0.412 e. The average Bonchev–Trinajstić information content (AvgIpc) is 2.67. The van der Waals surface area contributed by atoms with E-state index in [4.69, 9.17) is 0 Å². The molecule has 9 heteroatoms. The largest absolute Gasteiger partial charge is 0.412 e. The standard InChI is InChI=1S/2C7H4F3.C7H5F2.Al/c2*1-4-2-5(8)3-6(9)7(4)10;1-5-2-3-6(8)4-7(5)9;/h2*2H,1H3;2-3H,1H3;. The highest BCUT2D eigenvalue weighted by Gasteiger charge is 2.42. The molecule has 156 valence electrons. The van der Waals surface area contributed by atoms with E-state index in [1.165, 1.54) is 6.92 Å². The molecule has 0 nitrogen and oxygen atoms in total. The molecule has 0 aromatic heterocycles. The zero-order valence-electron chi connectivity index (χ0n) is 15.9. The van der Waals surface area contributed by atoms with E-state index in [1.807, 2.05) is 0 Å². The van der Waals surface area contributed by atoms with E-state index in [0.717, 1.165) is 26.0 Å². The minimum Gasteiger partial charge on any atom is -0.208 e. The fourth-order valence-electron chi connectivity index (χ4n) is 3.36. The summed E-state index contributed by atoms with van der Waals surface area (Å²) in [6, 6.07) is 2.89. The zero-order valence-corrected chi connectivity index (χ0v) is 17.1. The molecule has 0 saturated carbocycles. The van der Waals surface area contributed by atoms with Crippen molar-refractivity contribution in [3.63, 3.8) is 0 Å². The van der Waals surface area contributed by atoms with Gasteiger partial charge >= 0.3 is 14.1 Å². The Morgan fingerprint density at radius 1 is 0.467 bits per heavy atom.